The molecule has 0 saturated heterocycles. The van der Waals surface area contributed by atoms with Crippen LogP contribution in [0, 0.1) is 0 Å². The molecule has 0 amide bonds. The van der Waals surface area contributed by atoms with E-state index >= 15 is 0 Å². The molecule has 16 heavy (non-hydrogen) atoms. The van der Waals surface area contributed by atoms with Gasteiger partial charge < -0.3 is 4.90 Å². The van der Waals surface area contributed by atoms with Gasteiger partial charge in [0.15, 0.2) is 0 Å². The van der Waals surface area contributed by atoms with E-state index in [0.717, 1.165) is 6.54 Å². The van der Waals surface area contributed by atoms with E-state index < -0.39 is 0 Å². The quantitative estimate of drug-likeness (QED) is 0.701. The molecule has 0 aromatic carbocycles. The lowest BCUT2D eigenvalue weighted by molar-refractivity contribution is 0.448. The molecule has 0 aliphatic heterocycles. The number of alkyl halides is 1. The molecule has 0 radical (unpaired) electrons. The molecule has 2 heteroatoms. The maximum atomic E-state index is 3.69. The molecule has 0 bridgehead atoms. The third-order valence-corrected chi connectivity index (χ3v) is 3.47. The Morgan fingerprint density at radius 1 is 1.19 bits per heavy atom. The second-order valence-electron chi connectivity index (χ2n) is 4.30. The fourth-order valence-electron chi connectivity index (χ4n) is 1.97. The van der Waals surface area contributed by atoms with E-state index in [9.17, 15) is 0 Å². The highest BCUT2D eigenvalue weighted by molar-refractivity contribution is 9.09. The van der Waals surface area contributed by atoms with Crippen molar-refractivity contribution in [2.75, 3.05) is 20.6 Å². The largest absolute Gasteiger partial charge is 0.305 e. The van der Waals surface area contributed by atoms with Crippen molar-refractivity contribution in [1.29, 1.82) is 0 Å². The first-order valence-corrected chi connectivity index (χ1v) is 6.35. The van der Waals surface area contributed by atoms with Crippen molar-refractivity contribution in [2.45, 2.75) is 4.83 Å². The van der Waals surface area contributed by atoms with E-state index in [0.29, 0.717) is 4.83 Å². The first kappa shape index (κ1) is 11.6. The van der Waals surface area contributed by atoms with Gasteiger partial charge in [-0.1, -0.05) is 58.5 Å². The Kier molecular flexibility index (Phi) is 3.62. The summed E-state index contributed by atoms with van der Waals surface area (Å²) in [5.41, 5.74) is 4.10. The predicted molar refractivity (Wildman–Crippen MR) is 73.8 cm³/mol. The summed E-state index contributed by atoms with van der Waals surface area (Å²) < 4.78 is 0. The van der Waals surface area contributed by atoms with Gasteiger partial charge in [0.05, 0.1) is 4.83 Å². The van der Waals surface area contributed by atoms with Gasteiger partial charge >= 0.3 is 0 Å². The minimum Gasteiger partial charge on any atom is -0.305 e. The topological polar surface area (TPSA) is 3.24 Å². The van der Waals surface area contributed by atoms with Crippen molar-refractivity contribution in [2.24, 2.45) is 0 Å². The van der Waals surface area contributed by atoms with Crippen LogP contribution < -0.4 is 0 Å². The van der Waals surface area contributed by atoms with E-state index in [-0.39, 0.29) is 0 Å². The number of hydrogen-bond acceptors (Lipinski definition) is 1. The molecule has 1 atom stereocenters. The Bertz CT molecular complexity index is 422. The molecule has 0 saturated carbocycles. The SMILES string of the molecule is CN(C)CC1=CC=CC1=C1C=CC=CC1Br. The summed E-state index contributed by atoms with van der Waals surface area (Å²) in [4.78, 5) is 2.53. The number of halogens is 1. The number of hydrogen-bond donors (Lipinski definition) is 0. The summed E-state index contributed by atoms with van der Waals surface area (Å²) in [5, 5.41) is 0. The zero-order chi connectivity index (χ0) is 11.5. The smallest absolute Gasteiger partial charge is 0.0584 e. The van der Waals surface area contributed by atoms with Crippen molar-refractivity contribution in [1.82, 2.24) is 4.90 Å². The van der Waals surface area contributed by atoms with Crippen molar-refractivity contribution in [3.8, 4) is 0 Å². The number of likely N-dealkylation sites (N-methyl/N-ethyl adjacent to an activating group) is 1. The van der Waals surface area contributed by atoms with Crippen LogP contribution in [0.15, 0.2) is 59.3 Å². The van der Waals surface area contributed by atoms with Crippen LogP contribution in [-0.2, 0) is 0 Å². The van der Waals surface area contributed by atoms with E-state index in [4.69, 9.17) is 0 Å². The van der Waals surface area contributed by atoms with Crippen LogP contribution in [-0.4, -0.2) is 30.4 Å². The van der Waals surface area contributed by atoms with Crippen LogP contribution in [0.1, 0.15) is 0 Å². The zero-order valence-corrected chi connectivity index (χ0v) is 11.2. The lowest BCUT2D eigenvalue weighted by Gasteiger charge is -2.17. The molecule has 2 rings (SSSR count). The summed E-state index contributed by atoms with van der Waals surface area (Å²) in [6, 6.07) is 0. The molecule has 1 nitrogen and oxygen atoms in total. The highest BCUT2D eigenvalue weighted by atomic mass is 79.9. The van der Waals surface area contributed by atoms with Crippen molar-refractivity contribution in [3.63, 3.8) is 0 Å². The van der Waals surface area contributed by atoms with Crippen LogP contribution in [0.5, 0.6) is 0 Å². The van der Waals surface area contributed by atoms with Crippen LogP contribution in [0.4, 0.5) is 0 Å². The molecular weight excluding hydrogens is 262 g/mol. The highest BCUT2D eigenvalue weighted by Crippen LogP contribution is 2.30. The average Bonchev–Trinajstić information content (AvgIpc) is 2.66. The standard InChI is InChI=1S/C14H16BrN/c1-16(2)10-11-6-5-8-12(11)13-7-3-4-9-14(13)15/h3-9,14H,10H2,1-2H3. The Balaban J connectivity index is 2.29. The predicted octanol–water partition coefficient (Wildman–Crippen LogP) is 3.23. The highest BCUT2D eigenvalue weighted by Gasteiger charge is 2.16. The molecule has 0 aromatic rings. The van der Waals surface area contributed by atoms with Gasteiger partial charge in [-0.3, -0.25) is 0 Å². The van der Waals surface area contributed by atoms with E-state index in [1.54, 1.807) is 0 Å². The molecule has 0 heterocycles. The van der Waals surface area contributed by atoms with Crippen LogP contribution >= 0.6 is 15.9 Å². The lowest BCUT2D eigenvalue weighted by Crippen LogP contribution is -2.16. The first-order chi connectivity index (χ1) is 7.68. The second kappa shape index (κ2) is 4.98. The van der Waals surface area contributed by atoms with Gasteiger partial charge in [-0.05, 0) is 30.8 Å². The minimum atomic E-state index is 0.334. The van der Waals surface area contributed by atoms with E-state index in [1.807, 2.05) is 0 Å². The second-order valence-corrected chi connectivity index (χ2v) is 5.29. The van der Waals surface area contributed by atoms with Gasteiger partial charge in [-0.25, -0.2) is 0 Å². The Morgan fingerprint density at radius 2 is 2.00 bits per heavy atom. The maximum absolute atomic E-state index is 3.69. The summed E-state index contributed by atoms with van der Waals surface area (Å²) in [6.07, 6.45) is 15.1. The monoisotopic (exact) mass is 277 g/mol. The summed E-state index contributed by atoms with van der Waals surface area (Å²) in [6.45, 7) is 0.989. The van der Waals surface area contributed by atoms with E-state index in [1.165, 1.54) is 16.7 Å². The maximum Gasteiger partial charge on any atom is 0.0584 e. The summed E-state index contributed by atoms with van der Waals surface area (Å²) in [7, 11) is 4.20. The molecule has 2 aliphatic rings. The van der Waals surface area contributed by atoms with Gasteiger partial charge in [0.2, 0.25) is 0 Å². The van der Waals surface area contributed by atoms with Gasteiger partial charge in [-0.15, -0.1) is 0 Å². The molecule has 0 aromatic heterocycles. The van der Waals surface area contributed by atoms with Crippen molar-refractivity contribution < 1.29 is 0 Å². The van der Waals surface area contributed by atoms with Crippen LogP contribution in [0.2, 0.25) is 0 Å². The molecular formula is C14H16BrN. The van der Waals surface area contributed by atoms with Crippen LogP contribution in [0.3, 0.4) is 0 Å². The Hall–Kier alpha value is -0.860. The third-order valence-electron chi connectivity index (χ3n) is 2.67. The fraction of sp³-hybridized carbons (Fsp3) is 0.286. The molecule has 2 aliphatic carbocycles. The van der Waals surface area contributed by atoms with E-state index in [2.05, 4.69) is 77.5 Å². The molecule has 0 fully saturated rings. The Morgan fingerprint density at radius 3 is 2.69 bits per heavy atom. The molecule has 1 unspecified atom stereocenters. The van der Waals surface area contributed by atoms with Crippen molar-refractivity contribution >= 4 is 15.9 Å². The zero-order valence-electron chi connectivity index (χ0n) is 9.65. The van der Waals surface area contributed by atoms with Gasteiger partial charge in [0.1, 0.15) is 0 Å². The lowest BCUT2D eigenvalue weighted by atomic mass is 9.97. The molecule has 0 spiro atoms. The molecule has 0 N–H and O–H groups in total. The number of allylic oxidation sites excluding steroid dienone is 8. The first-order valence-electron chi connectivity index (χ1n) is 5.44. The van der Waals surface area contributed by atoms with Gasteiger partial charge in [0.25, 0.3) is 0 Å². The normalized spacial score (nSPS) is 28.0. The fourth-order valence-corrected chi connectivity index (χ4v) is 2.55. The number of nitrogens with zero attached hydrogens (tertiary/aromatic N) is 1. The van der Waals surface area contributed by atoms with Gasteiger partial charge in [-0.2, -0.15) is 0 Å². The van der Waals surface area contributed by atoms with Crippen molar-refractivity contribution in [3.05, 3.63) is 59.3 Å². The minimum absolute atomic E-state index is 0.334. The average molecular weight is 278 g/mol. The van der Waals surface area contributed by atoms with Crippen LogP contribution in [0.25, 0.3) is 0 Å². The van der Waals surface area contributed by atoms with Gasteiger partial charge in [0, 0.05) is 6.54 Å². The third kappa shape index (κ3) is 2.45. The Labute approximate surface area is 106 Å². The summed E-state index contributed by atoms with van der Waals surface area (Å²) in [5.74, 6) is 0. The molecule has 84 valence electrons. The number of rotatable bonds is 2. The summed E-state index contributed by atoms with van der Waals surface area (Å²) >= 11 is 3.69.